The zero-order valence-corrected chi connectivity index (χ0v) is 23.4. The summed E-state index contributed by atoms with van der Waals surface area (Å²) in [5.41, 5.74) is 6.80. The maximum atomic E-state index is 11.3. The van der Waals surface area contributed by atoms with Crippen LogP contribution in [0.4, 0.5) is 4.79 Å². The molecule has 0 saturated carbocycles. The summed E-state index contributed by atoms with van der Waals surface area (Å²) in [6.07, 6.45) is 4.90. The van der Waals surface area contributed by atoms with E-state index in [1.807, 2.05) is 29.1 Å². The number of hydrogen-bond acceptors (Lipinski definition) is 5. The number of rotatable bonds is 11. The van der Waals surface area contributed by atoms with Crippen LogP contribution in [0.1, 0.15) is 55.5 Å². The quantitative estimate of drug-likeness (QED) is 0.206. The van der Waals surface area contributed by atoms with E-state index in [1.54, 1.807) is 0 Å². The van der Waals surface area contributed by atoms with Crippen LogP contribution in [0.15, 0.2) is 79.0 Å². The van der Waals surface area contributed by atoms with Crippen molar-refractivity contribution in [2.45, 2.75) is 38.8 Å². The molecule has 0 bridgehead atoms. The number of carbonyl (C=O) groups is 1. The molecule has 214 valence electrons. The van der Waals surface area contributed by atoms with Crippen LogP contribution in [0.25, 0.3) is 22.0 Å². The molecule has 0 spiro atoms. The number of fused-ring (bicyclic) bond motifs is 1. The molecular weight excluding hydrogens is 518 g/mol. The summed E-state index contributed by atoms with van der Waals surface area (Å²) in [7, 11) is 0. The van der Waals surface area contributed by atoms with Crippen LogP contribution < -0.4 is 4.74 Å². The van der Waals surface area contributed by atoms with Crippen molar-refractivity contribution in [2.24, 2.45) is 0 Å². The van der Waals surface area contributed by atoms with Gasteiger partial charge in [-0.2, -0.15) is 5.10 Å². The third-order valence-corrected chi connectivity index (χ3v) is 7.50. The molecule has 2 heterocycles. The molecule has 1 fully saturated rings. The maximum Gasteiger partial charge on any atom is 0.407 e. The van der Waals surface area contributed by atoms with E-state index in [0.29, 0.717) is 5.75 Å². The fourth-order valence-electron chi connectivity index (χ4n) is 5.45. The van der Waals surface area contributed by atoms with Gasteiger partial charge >= 0.3 is 6.09 Å². The molecule has 1 amide bonds. The van der Waals surface area contributed by atoms with E-state index in [0.717, 1.165) is 64.8 Å². The van der Waals surface area contributed by atoms with Crippen LogP contribution in [0, 0.1) is 0 Å². The molecule has 5 rings (SSSR count). The van der Waals surface area contributed by atoms with Gasteiger partial charge in [0.1, 0.15) is 12.4 Å². The molecule has 1 atom stereocenters. The lowest BCUT2D eigenvalue weighted by molar-refractivity contribution is -0.0366. The number of allylic oxidation sites excluding steroid dienone is 1. The summed E-state index contributed by atoms with van der Waals surface area (Å²) in [6.45, 7) is 3.16. The number of amides is 1. The number of hydrogen-bond donors (Lipinski definition) is 2. The Balaban J connectivity index is 1.47. The van der Waals surface area contributed by atoms with Gasteiger partial charge in [-0.1, -0.05) is 55.5 Å². The lowest BCUT2D eigenvalue weighted by Gasteiger charge is -2.23. The van der Waals surface area contributed by atoms with Crippen LogP contribution in [0.2, 0.25) is 0 Å². The fraction of sp³-hybridized carbons (Fsp3) is 0.333. The summed E-state index contributed by atoms with van der Waals surface area (Å²) in [5, 5.41) is 24.1. The third kappa shape index (κ3) is 6.61. The van der Waals surface area contributed by atoms with Crippen LogP contribution in [0.3, 0.4) is 0 Å². The van der Waals surface area contributed by atoms with Crippen molar-refractivity contribution in [3.63, 3.8) is 0 Å². The van der Waals surface area contributed by atoms with Gasteiger partial charge < -0.3 is 24.6 Å². The highest BCUT2D eigenvalue weighted by atomic mass is 16.5. The Morgan fingerprint density at radius 3 is 2.49 bits per heavy atom. The molecule has 1 aliphatic rings. The van der Waals surface area contributed by atoms with Crippen molar-refractivity contribution < 1.29 is 24.5 Å². The van der Waals surface area contributed by atoms with Crippen LogP contribution in [-0.2, 0) is 4.74 Å². The summed E-state index contributed by atoms with van der Waals surface area (Å²) in [4.78, 5) is 12.4. The first kappa shape index (κ1) is 28.4. The van der Waals surface area contributed by atoms with E-state index in [2.05, 4.69) is 61.5 Å². The first-order valence-corrected chi connectivity index (χ1v) is 14.3. The van der Waals surface area contributed by atoms with Gasteiger partial charge in [-0.3, -0.25) is 0 Å². The molecule has 1 aliphatic heterocycles. The third-order valence-electron chi connectivity index (χ3n) is 7.50. The van der Waals surface area contributed by atoms with Gasteiger partial charge in [0, 0.05) is 18.5 Å². The minimum absolute atomic E-state index is 0.0172. The standard InChI is InChI=1S/C33H37N3O5/c1-2-29(24-8-4-3-5-9-24)32(25-11-14-28(15-12-25)40-21-18-35(17-19-37)33(38)39)26-13-16-30-27(22-26)23-34-36(30)31-10-6-7-20-41-31/h3-5,8-9,11-16,22-23,31,37H,2,6-7,10,17-21H2,1H3,(H,38,39). The van der Waals surface area contributed by atoms with Crippen LogP contribution >= 0.6 is 0 Å². The lowest BCUT2D eigenvalue weighted by atomic mass is 9.88. The highest BCUT2D eigenvalue weighted by Crippen LogP contribution is 2.37. The first-order valence-electron chi connectivity index (χ1n) is 14.3. The summed E-state index contributed by atoms with van der Waals surface area (Å²) >= 11 is 0. The molecule has 2 N–H and O–H groups in total. The van der Waals surface area contributed by atoms with Gasteiger partial charge in [-0.05, 0) is 77.8 Å². The van der Waals surface area contributed by atoms with Gasteiger partial charge in [-0.25, -0.2) is 9.48 Å². The van der Waals surface area contributed by atoms with E-state index < -0.39 is 6.09 Å². The van der Waals surface area contributed by atoms with Crippen molar-refractivity contribution in [2.75, 3.05) is 32.9 Å². The molecule has 1 aromatic heterocycles. The Hall–Kier alpha value is -4.14. The summed E-state index contributed by atoms with van der Waals surface area (Å²) in [5.74, 6) is 0.657. The Bertz CT molecular complexity index is 1470. The minimum atomic E-state index is -1.07. The largest absolute Gasteiger partial charge is 0.492 e. The average molecular weight is 556 g/mol. The maximum absolute atomic E-state index is 11.3. The van der Waals surface area contributed by atoms with E-state index >= 15 is 0 Å². The highest BCUT2D eigenvalue weighted by molar-refractivity contribution is 6.00. The Morgan fingerprint density at radius 2 is 1.80 bits per heavy atom. The van der Waals surface area contributed by atoms with Crippen molar-refractivity contribution in [3.05, 3.63) is 95.7 Å². The minimum Gasteiger partial charge on any atom is -0.492 e. The van der Waals surface area contributed by atoms with Gasteiger partial charge in [0.15, 0.2) is 6.23 Å². The molecule has 8 nitrogen and oxygen atoms in total. The monoisotopic (exact) mass is 555 g/mol. The molecule has 0 aliphatic carbocycles. The van der Waals surface area contributed by atoms with Crippen molar-refractivity contribution in [1.29, 1.82) is 0 Å². The molecule has 4 aromatic rings. The Morgan fingerprint density at radius 1 is 1.02 bits per heavy atom. The first-order chi connectivity index (χ1) is 20.1. The van der Waals surface area contributed by atoms with Gasteiger partial charge in [-0.15, -0.1) is 0 Å². The second kappa shape index (κ2) is 13.5. The summed E-state index contributed by atoms with van der Waals surface area (Å²) < 4.78 is 13.9. The normalized spacial score (nSPS) is 15.9. The number of benzene rings is 3. The molecule has 3 aromatic carbocycles. The number of nitrogens with zero attached hydrogens (tertiary/aromatic N) is 3. The Kier molecular flexibility index (Phi) is 9.33. The van der Waals surface area contributed by atoms with Crippen molar-refractivity contribution in [3.8, 4) is 5.75 Å². The second-order valence-electron chi connectivity index (χ2n) is 10.1. The number of aromatic nitrogens is 2. The smallest absolute Gasteiger partial charge is 0.407 e. The highest BCUT2D eigenvalue weighted by Gasteiger charge is 2.20. The van der Waals surface area contributed by atoms with Gasteiger partial charge in [0.05, 0.1) is 24.9 Å². The van der Waals surface area contributed by atoms with Crippen LogP contribution in [-0.4, -0.2) is 63.9 Å². The SMILES string of the molecule is CCC(=C(c1ccc(OCCN(CCO)C(=O)O)cc1)c1ccc2c(cnn2C2CCCCO2)c1)c1ccccc1. The number of aliphatic hydroxyl groups excluding tert-OH is 1. The molecular formula is C33H37N3O5. The number of carboxylic acid groups (broad SMARTS) is 1. The van der Waals surface area contributed by atoms with Gasteiger partial charge in [0.25, 0.3) is 0 Å². The Labute approximate surface area is 240 Å². The fourth-order valence-corrected chi connectivity index (χ4v) is 5.45. The zero-order chi connectivity index (χ0) is 28.6. The van der Waals surface area contributed by atoms with E-state index in [4.69, 9.17) is 19.7 Å². The average Bonchev–Trinajstić information content (AvgIpc) is 3.44. The van der Waals surface area contributed by atoms with Crippen molar-refractivity contribution in [1.82, 2.24) is 14.7 Å². The second-order valence-corrected chi connectivity index (χ2v) is 10.1. The molecule has 1 unspecified atom stereocenters. The molecule has 41 heavy (non-hydrogen) atoms. The number of ether oxygens (including phenoxy) is 2. The topological polar surface area (TPSA) is 97.0 Å². The van der Waals surface area contributed by atoms with E-state index in [9.17, 15) is 9.90 Å². The summed E-state index contributed by atoms with van der Waals surface area (Å²) in [6, 6.07) is 24.9. The lowest BCUT2D eigenvalue weighted by Crippen LogP contribution is -2.35. The predicted octanol–water partition coefficient (Wildman–Crippen LogP) is 6.46. The van der Waals surface area contributed by atoms with Gasteiger partial charge in [0.2, 0.25) is 0 Å². The predicted molar refractivity (Wildman–Crippen MR) is 160 cm³/mol. The van der Waals surface area contributed by atoms with E-state index in [-0.39, 0.29) is 32.5 Å². The van der Waals surface area contributed by atoms with Crippen LogP contribution in [0.5, 0.6) is 5.75 Å². The van der Waals surface area contributed by atoms with E-state index in [1.165, 1.54) is 11.1 Å². The molecule has 0 radical (unpaired) electrons. The van der Waals surface area contributed by atoms with Crippen molar-refractivity contribution >= 4 is 28.1 Å². The number of aliphatic hydroxyl groups is 1. The zero-order valence-electron chi connectivity index (χ0n) is 23.4. The molecule has 1 saturated heterocycles. The molecule has 8 heteroatoms.